The number of primary amides is 1. The first kappa shape index (κ1) is 17.8. The molecule has 3 rings (SSSR count). The number of aromatic nitrogens is 1. The highest BCUT2D eigenvalue weighted by atomic mass is 32.2. The molecule has 0 saturated heterocycles. The van der Waals surface area contributed by atoms with Gasteiger partial charge in [0, 0.05) is 17.7 Å². The molecule has 4 N–H and O–H groups in total. The zero-order valence-corrected chi connectivity index (χ0v) is 15.1. The minimum Gasteiger partial charge on any atom is -0.446 e. The van der Waals surface area contributed by atoms with Crippen molar-refractivity contribution in [1.82, 2.24) is 4.98 Å². The van der Waals surface area contributed by atoms with E-state index >= 15 is 0 Å². The average molecular weight is 381 g/mol. The molecule has 1 aliphatic carbocycles. The zero-order valence-electron chi connectivity index (χ0n) is 13.4. The van der Waals surface area contributed by atoms with Gasteiger partial charge in [0.05, 0.1) is 14.8 Å². The maximum atomic E-state index is 11.8. The maximum absolute atomic E-state index is 11.8. The number of thiazole rings is 1. The number of amides is 1. The lowest BCUT2D eigenvalue weighted by atomic mass is 9.88. The van der Waals surface area contributed by atoms with Gasteiger partial charge in [-0.05, 0) is 31.7 Å². The molecule has 0 atom stereocenters. The van der Waals surface area contributed by atoms with Crippen LogP contribution in [0.15, 0.2) is 35.4 Å². The summed E-state index contributed by atoms with van der Waals surface area (Å²) in [5.74, 6) is 0.271. The second kappa shape index (κ2) is 7.11. The van der Waals surface area contributed by atoms with Crippen molar-refractivity contribution in [3.05, 3.63) is 35.5 Å². The van der Waals surface area contributed by atoms with Crippen molar-refractivity contribution in [2.45, 2.75) is 42.6 Å². The number of rotatable bonds is 4. The van der Waals surface area contributed by atoms with Crippen LogP contribution in [0.5, 0.6) is 0 Å². The van der Waals surface area contributed by atoms with Crippen molar-refractivity contribution >= 4 is 27.5 Å². The van der Waals surface area contributed by atoms with Gasteiger partial charge in [0.25, 0.3) is 0 Å². The van der Waals surface area contributed by atoms with Crippen LogP contribution in [0.1, 0.15) is 36.6 Å². The van der Waals surface area contributed by atoms with Crippen LogP contribution in [-0.2, 0) is 14.8 Å². The van der Waals surface area contributed by atoms with Gasteiger partial charge < -0.3 is 10.5 Å². The van der Waals surface area contributed by atoms with Crippen molar-refractivity contribution in [2.75, 3.05) is 0 Å². The minimum atomic E-state index is -3.80. The van der Waals surface area contributed by atoms with E-state index in [-0.39, 0.29) is 16.9 Å². The standard InChI is InChI=1S/C16H19N3O4S2/c17-16(20)23-11-7-5-10(6-8-11)15-19-9-13(24-15)12-3-1-2-4-14(12)25(18,21)22/h1-4,9-11H,5-8H2,(H2,17,20)(H2,18,21,22)/t10-,11-. The van der Waals surface area contributed by atoms with Crippen molar-refractivity contribution in [1.29, 1.82) is 0 Å². The van der Waals surface area contributed by atoms with Gasteiger partial charge in [0.2, 0.25) is 10.0 Å². The Morgan fingerprint density at radius 2 is 1.88 bits per heavy atom. The van der Waals surface area contributed by atoms with Crippen LogP contribution >= 0.6 is 11.3 Å². The number of carbonyl (C=O) groups is 1. The average Bonchev–Trinajstić information content (AvgIpc) is 3.04. The van der Waals surface area contributed by atoms with Crippen molar-refractivity contribution in [3.63, 3.8) is 0 Å². The summed E-state index contributed by atoms with van der Waals surface area (Å²) in [6, 6.07) is 6.64. The van der Waals surface area contributed by atoms with Gasteiger partial charge in [-0.1, -0.05) is 18.2 Å². The molecule has 1 fully saturated rings. The molecular formula is C16H19N3O4S2. The topological polar surface area (TPSA) is 125 Å². The molecule has 1 aliphatic rings. The third-order valence-electron chi connectivity index (χ3n) is 4.29. The summed E-state index contributed by atoms with van der Waals surface area (Å²) in [6.07, 6.45) is 4.02. The van der Waals surface area contributed by atoms with Gasteiger partial charge in [-0.15, -0.1) is 11.3 Å². The number of hydrogen-bond donors (Lipinski definition) is 2. The van der Waals surface area contributed by atoms with E-state index in [2.05, 4.69) is 4.98 Å². The van der Waals surface area contributed by atoms with Gasteiger partial charge >= 0.3 is 6.09 Å². The van der Waals surface area contributed by atoms with Crippen molar-refractivity contribution in [2.24, 2.45) is 10.9 Å². The van der Waals surface area contributed by atoms with E-state index < -0.39 is 16.1 Å². The van der Waals surface area contributed by atoms with Crippen LogP contribution in [0.3, 0.4) is 0 Å². The molecule has 1 heterocycles. The predicted octanol–water partition coefficient (Wildman–Crippen LogP) is 2.58. The summed E-state index contributed by atoms with van der Waals surface area (Å²) in [5.41, 5.74) is 5.62. The molecule has 1 aromatic carbocycles. The second-order valence-electron chi connectivity index (χ2n) is 6.01. The molecule has 1 saturated carbocycles. The molecule has 0 aliphatic heterocycles. The SMILES string of the molecule is NC(=O)O[C@H]1CC[C@H](c2ncc(-c3ccccc3S(N)(=O)=O)s2)CC1. The number of carbonyl (C=O) groups excluding carboxylic acids is 1. The molecule has 0 unspecified atom stereocenters. The third kappa shape index (κ3) is 4.17. The molecule has 2 aromatic rings. The normalized spacial score (nSPS) is 21.0. The monoisotopic (exact) mass is 381 g/mol. The smallest absolute Gasteiger partial charge is 0.404 e. The fourth-order valence-electron chi connectivity index (χ4n) is 3.11. The van der Waals surface area contributed by atoms with Crippen molar-refractivity contribution < 1.29 is 17.9 Å². The van der Waals surface area contributed by atoms with E-state index in [9.17, 15) is 13.2 Å². The number of hydrogen-bond acceptors (Lipinski definition) is 6. The Labute approximate surface area is 150 Å². The van der Waals surface area contributed by atoms with Crippen LogP contribution < -0.4 is 10.9 Å². The third-order valence-corrected chi connectivity index (χ3v) is 6.45. The minimum absolute atomic E-state index is 0.101. The van der Waals surface area contributed by atoms with Gasteiger partial charge in [0.1, 0.15) is 6.10 Å². The molecule has 9 heteroatoms. The number of benzene rings is 1. The molecule has 7 nitrogen and oxygen atoms in total. The lowest BCUT2D eigenvalue weighted by molar-refractivity contribution is 0.0787. The number of ether oxygens (including phenoxy) is 1. The largest absolute Gasteiger partial charge is 0.446 e. The molecule has 1 aromatic heterocycles. The summed E-state index contributed by atoms with van der Waals surface area (Å²) in [5, 5.41) is 6.26. The lowest BCUT2D eigenvalue weighted by Gasteiger charge is -2.26. The van der Waals surface area contributed by atoms with Crippen LogP contribution in [0, 0.1) is 0 Å². The van der Waals surface area contributed by atoms with Gasteiger partial charge in [-0.2, -0.15) is 0 Å². The van der Waals surface area contributed by atoms with E-state index in [0.717, 1.165) is 35.6 Å². The Hall–Kier alpha value is -1.97. The fraction of sp³-hybridized carbons (Fsp3) is 0.375. The Bertz CT molecular complexity index is 871. The van der Waals surface area contributed by atoms with E-state index in [4.69, 9.17) is 15.6 Å². The van der Waals surface area contributed by atoms with Crippen LogP contribution in [0.2, 0.25) is 0 Å². The number of primary sulfonamides is 1. The number of nitrogens with zero attached hydrogens (tertiary/aromatic N) is 1. The first-order valence-corrected chi connectivity index (χ1v) is 10.2. The van der Waals surface area contributed by atoms with E-state index in [1.165, 1.54) is 17.4 Å². The first-order chi connectivity index (χ1) is 11.8. The number of nitrogens with two attached hydrogens (primary N) is 2. The molecule has 0 spiro atoms. The Kier molecular flexibility index (Phi) is 5.07. The summed E-state index contributed by atoms with van der Waals surface area (Å²) in [7, 11) is -3.80. The summed E-state index contributed by atoms with van der Waals surface area (Å²) in [4.78, 5) is 16.2. The van der Waals surface area contributed by atoms with Crippen LogP contribution in [-0.4, -0.2) is 25.6 Å². The highest BCUT2D eigenvalue weighted by Gasteiger charge is 2.27. The number of sulfonamides is 1. The van der Waals surface area contributed by atoms with Gasteiger partial charge in [0.15, 0.2) is 0 Å². The second-order valence-corrected chi connectivity index (χ2v) is 8.61. The summed E-state index contributed by atoms with van der Waals surface area (Å²) in [6.45, 7) is 0. The quantitative estimate of drug-likeness (QED) is 0.842. The molecule has 0 radical (unpaired) electrons. The Morgan fingerprint density at radius 3 is 2.52 bits per heavy atom. The van der Waals surface area contributed by atoms with Gasteiger partial charge in [-0.25, -0.2) is 23.3 Å². The van der Waals surface area contributed by atoms with E-state index in [1.54, 1.807) is 24.4 Å². The molecule has 1 amide bonds. The Morgan fingerprint density at radius 1 is 1.20 bits per heavy atom. The van der Waals surface area contributed by atoms with Crippen LogP contribution in [0.25, 0.3) is 10.4 Å². The van der Waals surface area contributed by atoms with Gasteiger partial charge in [-0.3, -0.25) is 0 Å². The van der Waals surface area contributed by atoms with E-state index in [1.807, 2.05) is 0 Å². The summed E-state index contributed by atoms with van der Waals surface area (Å²) >= 11 is 1.47. The summed E-state index contributed by atoms with van der Waals surface area (Å²) < 4.78 is 28.6. The Balaban J connectivity index is 1.78. The predicted molar refractivity (Wildman–Crippen MR) is 94.6 cm³/mol. The highest BCUT2D eigenvalue weighted by molar-refractivity contribution is 7.89. The maximum Gasteiger partial charge on any atom is 0.404 e. The molecule has 0 bridgehead atoms. The molecule has 134 valence electrons. The molecular weight excluding hydrogens is 362 g/mol. The molecule has 25 heavy (non-hydrogen) atoms. The van der Waals surface area contributed by atoms with Crippen molar-refractivity contribution in [3.8, 4) is 10.4 Å². The highest BCUT2D eigenvalue weighted by Crippen LogP contribution is 2.39. The first-order valence-electron chi connectivity index (χ1n) is 7.88. The zero-order chi connectivity index (χ0) is 18.0. The van der Waals surface area contributed by atoms with E-state index in [0.29, 0.717) is 5.56 Å². The van der Waals surface area contributed by atoms with Crippen LogP contribution in [0.4, 0.5) is 4.79 Å². The lowest BCUT2D eigenvalue weighted by Crippen LogP contribution is -2.26. The fourth-order valence-corrected chi connectivity index (χ4v) is 5.05.